The van der Waals surface area contributed by atoms with E-state index in [1.165, 1.54) is 0 Å². The number of amides is 2. The summed E-state index contributed by atoms with van der Waals surface area (Å²) in [5, 5.41) is 0. The van der Waals surface area contributed by atoms with Gasteiger partial charge in [-0.25, -0.2) is 8.78 Å². The van der Waals surface area contributed by atoms with Crippen molar-refractivity contribution < 1.29 is 18.4 Å². The third-order valence-corrected chi connectivity index (χ3v) is 3.28. The van der Waals surface area contributed by atoms with E-state index < -0.39 is 23.4 Å². The van der Waals surface area contributed by atoms with E-state index in [2.05, 4.69) is 26.8 Å². The Morgan fingerprint density at radius 1 is 0.905 bits per heavy atom. The number of benzene rings is 2. The van der Waals surface area contributed by atoms with Gasteiger partial charge in [0.2, 0.25) is 0 Å². The van der Waals surface area contributed by atoms with Crippen LogP contribution in [-0.4, -0.2) is 11.8 Å². The van der Waals surface area contributed by atoms with Crippen molar-refractivity contribution in [3.63, 3.8) is 0 Å². The Balaban J connectivity index is 2.02. The lowest BCUT2D eigenvalue weighted by atomic mass is 10.2. The summed E-state index contributed by atoms with van der Waals surface area (Å²) in [5.41, 5.74) is 4.52. The summed E-state index contributed by atoms with van der Waals surface area (Å²) < 4.78 is 26.3. The number of hydrazine groups is 1. The lowest BCUT2D eigenvalue weighted by Crippen LogP contribution is -2.41. The molecule has 7 heteroatoms. The Bertz CT molecular complexity index is 707. The minimum absolute atomic E-state index is 0.110. The van der Waals surface area contributed by atoms with Crippen LogP contribution in [0.5, 0.6) is 0 Å². The fourth-order valence-corrected chi connectivity index (χ4v) is 2.00. The van der Waals surface area contributed by atoms with Gasteiger partial charge in [0.1, 0.15) is 0 Å². The second kappa shape index (κ2) is 6.45. The third-order valence-electron chi connectivity index (χ3n) is 2.59. The van der Waals surface area contributed by atoms with Crippen LogP contribution in [0.1, 0.15) is 20.7 Å². The van der Waals surface area contributed by atoms with Crippen molar-refractivity contribution in [2.45, 2.75) is 0 Å². The smallest absolute Gasteiger partial charge is 0.267 e. The van der Waals surface area contributed by atoms with Crippen LogP contribution >= 0.6 is 15.9 Å². The van der Waals surface area contributed by atoms with Gasteiger partial charge in [-0.1, -0.05) is 12.1 Å². The Morgan fingerprint density at radius 2 is 1.57 bits per heavy atom. The van der Waals surface area contributed by atoms with Gasteiger partial charge in [0.05, 0.1) is 5.56 Å². The van der Waals surface area contributed by atoms with E-state index in [1.807, 2.05) is 0 Å². The maximum Gasteiger partial charge on any atom is 0.270 e. The van der Waals surface area contributed by atoms with Gasteiger partial charge < -0.3 is 0 Å². The van der Waals surface area contributed by atoms with Crippen molar-refractivity contribution in [2.75, 3.05) is 0 Å². The van der Waals surface area contributed by atoms with Crippen LogP contribution in [0.2, 0.25) is 0 Å². The minimum Gasteiger partial charge on any atom is -0.267 e. The molecular weight excluding hydrogens is 346 g/mol. The van der Waals surface area contributed by atoms with Crippen LogP contribution < -0.4 is 10.9 Å². The van der Waals surface area contributed by atoms with Gasteiger partial charge in [0, 0.05) is 10.0 Å². The molecule has 0 aliphatic carbocycles. The molecule has 0 atom stereocenters. The summed E-state index contributed by atoms with van der Waals surface area (Å²) in [5.74, 6) is -3.49. The molecule has 2 N–H and O–H groups in total. The lowest BCUT2D eigenvalue weighted by molar-refractivity contribution is 0.0846. The molecule has 0 unspecified atom stereocenters. The molecule has 0 aliphatic rings. The second-order valence-corrected chi connectivity index (χ2v) is 4.87. The summed E-state index contributed by atoms with van der Waals surface area (Å²) in [4.78, 5) is 23.5. The van der Waals surface area contributed by atoms with Crippen molar-refractivity contribution in [3.8, 4) is 0 Å². The molecule has 4 nitrogen and oxygen atoms in total. The van der Waals surface area contributed by atoms with E-state index in [4.69, 9.17) is 0 Å². The highest BCUT2D eigenvalue weighted by molar-refractivity contribution is 9.10. The molecular formula is C14H9BrF2N2O2. The average Bonchev–Trinajstić information content (AvgIpc) is 2.47. The number of hydrogen-bond donors (Lipinski definition) is 2. The molecule has 0 saturated carbocycles. The molecule has 21 heavy (non-hydrogen) atoms. The number of hydrogen-bond acceptors (Lipinski definition) is 2. The molecule has 0 fully saturated rings. The number of rotatable bonds is 2. The highest BCUT2D eigenvalue weighted by atomic mass is 79.9. The van der Waals surface area contributed by atoms with Crippen molar-refractivity contribution in [3.05, 3.63) is 69.7 Å². The predicted molar refractivity (Wildman–Crippen MR) is 75.4 cm³/mol. The fraction of sp³-hybridized carbons (Fsp3) is 0. The van der Waals surface area contributed by atoms with E-state index in [9.17, 15) is 18.4 Å². The molecule has 2 amide bonds. The minimum atomic E-state index is -1.14. The maximum absolute atomic E-state index is 13.0. The Hall–Kier alpha value is -2.28. The summed E-state index contributed by atoms with van der Waals surface area (Å²) in [6.45, 7) is 0. The normalized spacial score (nSPS) is 10.0. The van der Waals surface area contributed by atoms with Crippen LogP contribution in [0, 0.1) is 11.6 Å². The molecule has 108 valence electrons. The van der Waals surface area contributed by atoms with Gasteiger partial charge in [0.15, 0.2) is 11.6 Å². The number of halogens is 3. The van der Waals surface area contributed by atoms with Gasteiger partial charge in [-0.05, 0) is 46.3 Å². The molecule has 0 saturated heterocycles. The predicted octanol–water partition coefficient (Wildman–Crippen LogP) is 2.80. The summed E-state index contributed by atoms with van der Waals surface area (Å²) in [7, 11) is 0. The van der Waals surface area contributed by atoms with E-state index in [0.717, 1.165) is 18.2 Å². The molecule has 2 aromatic carbocycles. The first-order chi connectivity index (χ1) is 9.99. The number of carbonyl (C=O) groups is 2. The van der Waals surface area contributed by atoms with Crippen molar-refractivity contribution in [1.82, 2.24) is 10.9 Å². The van der Waals surface area contributed by atoms with Crippen LogP contribution in [-0.2, 0) is 0 Å². The highest BCUT2D eigenvalue weighted by Crippen LogP contribution is 2.15. The largest absolute Gasteiger partial charge is 0.270 e. The average molecular weight is 355 g/mol. The van der Waals surface area contributed by atoms with Crippen molar-refractivity contribution >= 4 is 27.7 Å². The van der Waals surface area contributed by atoms with Gasteiger partial charge in [-0.3, -0.25) is 20.4 Å². The molecule has 0 aromatic heterocycles. The van der Waals surface area contributed by atoms with Gasteiger partial charge in [0.25, 0.3) is 11.8 Å². The molecule has 0 heterocycles. The van der Waals surface area contributed by atoms with Crippen LogP contribution in [0.4, 0.5) is 8.78 Å². The van der Waals surface area contributed by atoms with Gasteiger partial charge >= 0.3 is 0 Å². The van der Waals surface area contributed by atoms with Crippen molar-refractivity contribution in [1.29, 1.82) is 0 Å². The molecule has 0 spiro atoms. The van der Waals surface area contributed by atoms with E-state index in [1.54, 1.807) is 24.3 Å². The van der Waals surface area contributed by atoms with Crippen LogP contribution in [0.25, 0.3) is 0 Å². The Kier molecular flexibility index (Phi) is 4.64. The van der Waals surface area contributed by atoms with Crippen LogP contribution in [0.3, 0.4) is 0 Å². The standard InChI is InChI=1S/C14H9BrF2N2O2/c15-10-4-2-1-3-9(10)14(21)19-18-13(20)8-5-6-11(16)12(17)7-8/h1-7H,(H,18,20)(H,19,21). The fourth-order valence-electron chi connectivity index (χ4n) is 1.54. The second-order valence-electron chi connectivity index (χ2n) is 4.02. The van der Waals surface area contributed by atoms with E-state index in [-0.39, 0.29) is 5.56 Å². The SMILES string of the molecule is O=C(NNC(=O)c1ccccc1Br)c1ccc(F)c(F)c1. The van der Waals surface area contributed by atoms with Crippen molar-refractivity contribution in [2.24, 2.45) is 0 Å². The molecule has 0 radical (unpaired) electrons. The molecule has 2 aromatic rings. The van der Waals surface area contributed by atoms with Gasteiger partial charge in [-0.15, -0.1) is 0 Å². The summed E-state index contributed by atoms with van der Waals surface area (Å²) >= 11 is 3.20. The Labute approximate surface area is 127 Å². The van der Waals surface area contributed by atoms with E-state index >= 15 is 0 Å². The lowest BCUT2D eigenvalue weighted by Gasteiger charge is -2.08. The maximum atomic E-state index is 13.0. The van der Waals surface area contributed by atoms with Gasteiger partial charge in [-0.2, -0.15) is 0 Å². The first-order valence-electron chi connectivity index (χ1n) is 5.79. The first kappa shape index (κ1) is 15.1. The molecule has 2 rings (SSSR count). The third kappa shape index (κ3) is 3.63. The summed E-state index contributed by atoms with van der Waals surface area (Å²) in [6, 6.07) is 9.32. The topological polar surface area (TPSA) is 58.2 Å². The quantitative estimate of drug-likeness (QED) is 0.814. The highest BCUT2D eigenvalue weighted by Gasteiger charge is 2.12. The number of nitrogens with one attached hydrogen (secondary N) is 2. The molecule has 0 aliphatic heterocycles. The molecule has 0 bridgehead atoms. The number of carbonyl (C=O) groups excluding carboxylic acids is 2. The monoisotopic (exact) mass is 354 g/mol. The van der Waals surface area contributed by atoms with Crippen LogP contribution in [0.15, 0.2) is 46.9 Å². The summed E-state index contributed by atoms with van der Waals surface area (Å²) in [6.07, 6.45) is 0. The zero-order chi connectivity index (χ0) is 15.4. The zero-order valence-corrected chi connectivity index (χ0v) is 12.1. The first-order valence-corrected chi connectivity index (χ1v) is 6.58. The Morgan fingerprint density at radius 3 is 2.24 bits per heavy atom. The zero-order valence-electron chi connectivity index (χ0n) is 10.5. The van der Waals surface area contributed by atoms with E-state index in [0.29, 0.717) is 10.0 Å².